The van der Waals surface area contributed by atoms with Gasteiger partial charge in [-0.1, -0.05) is 79.0 Å². The lowest BCUT2D eigenvalue weighted by molar-refractivity contribution is -0.438. The maximum atomic E-state index is 7.34. The molecule has 276 valence electrons. The Labute approximate surface area is 330 Å². The van der Waals surface area contributed by atoms with Gasteiger partial charge in [-0.05, 0) is 120 Å². The van der Waals surface area contributed by atoms with Crippen LogP contribution < -0.4 is 4.90 Å². The van der Waals surface area contributed by atoms with Crippen molar-refractivity contribution in [3.63, 3.8) is 0 Å². The van der Waals surface area contributed by atoms with Crippen molar-refractivity contribution >= 4 is 73.4 Å². The van der Waals surface area contributed by atoms with Gasteiger partial charge >= 0.3 is 0 Å². The maximum absolute atomic E-state index is 7.34. The average molecular weight is 769 g/mol. The van der Waals surface area contributed by atoms with Gasteiger partial charge in [0.25, 0.3) is 0 Å². The van der Waals surface area contributed by atoms with Crippen molar-refractivity contribution in [3.8, 4) is 0 Å². The number of nitrogens with zero attached hydrogens (tertiary/aromatic N) is 2. The molecule has 0 N–H and O–H groups in total. The van der Waals surface area contributed by atoms with E-state index >= 15 is 0 Å². The predicted molar refractivity (Wildman–Crippen MR) is 226 cm³/mol. The van der Waals surface area contributed by atoms with Gasteiger partial charge in [0.15, 0.2) is 12.3 Å². The minimum Gasteiger partial charge on any atom is -0.385 e. The number of benzene rings is 4. The molecule has 4 aromatic rings. The van der Waals surface area contributed by atoms with Gasteiger partial charge in [-0.2, -0.15) is 4.58 Å². The number of ether oxygens (including phenoxy) is 2. The molecule has 4 aromatic carbocycles. The molecule has 0 unspecified atom stereocenters. The SMILES string of the molecule is COCCCN1/C(=C/C=C2\CCCC(/C=C/C3=[N+](CCCOC)c4ccc5cc(Cl)ccc5c4C3(C)C)=C2Cl)C(C)(C)c2c1ccc1cc(Cl)ccc21. The van der Waals surface area contributed by atoms with Crippen molar-refractivity contribution in [2.24, 2.45) is 0 Å². The first-order chi connectivity index (χ1) is 25.5. The summed E-state index contributed by atoms with van der Waals surface area (Å²) in [5.74, 6) is 0. The maximum Gasteiger partial charge on any atom is 0.210 e. The van der Waals surface area contributed by atoms with Crippen molar-refractivity contribution in [2.75, 3.05) is 45.4 Å². The summed E-state index contributed by atoms with van der Waals surface area (Å²) in [4.78, 5) is 2.48. The molecule has 0 atom stereocenters. The standard InChI is InChI=1S/C46H50Cl3N2O2/c1-45(2)40(50(24-8-26-52-5)38-20-12-32-28-34(47)16-18-36(32)42(38)45)22-14-30-10-7-11-31(44(30)49)15-23-41-46(3,4)43-37-19-17-35(48)29-33(37)13-21-39(43)51(41)25-9-27-53-6/h12-23,28-29H,7-11,24-27H2,1-6H3/q+1. The summed E-state index contributed by atoms with van der Waals surface area (Å²) in [6.45, 7) is 12.5. The molecular weight excluding hydrogens is 719 g/mol. The molecule has 1 aliphatic carbocycles. The van der Waals surface area contributed by atoms with E-state index in [1.165, 1.54) is 55.8 Å². The molecule has 2 aliphatic heterocycles. The molecule has 53 heavy (non-hydrogen) atoms. The first-order valence-electron chi connectivity index (χ1n) is 18.8. The van der Waals surface area contributed by atoms with Crippen LogP contribution in [0.4, 0.5) is 11.4 Å². The fraction of sp³-hybridized carbons (Fsp3) is 0.370. The van der Waals surface area contributed by atoms with Crippen LogP contribution in [-0.4, -0.2) is 50.8 Å². The van der Waals surface area contributed by atoms with Gasteiger partial charge in [-0.25, -0.2) is 0 Å². The lowest BCUT2D eigenvalue weighted by atomic mass is 9.78. The van der Waals surface area contributed by atoms with Crippen molar-refractivity contribution < 1.29 is 14.0 Å². The smallest absolute Gasteiger partial charge is 0.210 e. The quantitative estimate of drug-likeness (QED) is 0.112. The number of rotatable bonds is 11. The van der Waals surface area contributed by atoms with Gasteiger partial charge in [0.05, 0.1) is 12.0 Å². The Morgan fingerprint density at radius 2 is 1.40 bits per heavy atom. The Hall–Kier alpha value is -3.38. The van der Waals surface area contributed by atoms with Gasteiger partial charge in [-0.3, -0.25) is 0 Å². The van der Waals surface area contributed by atoms with E-state index < -0.39 is 0 Å². The highest BCUT2D eigenvalue weighted by Crippen LogP contribution is 2.51. The molecule has 2 heterocycles. The first kappa shape index (κ1) is 37.9. The molecule has 0 amide bonds. The van der Waals surface area contributed by atoms with E-state index in [4.69, 9.17) is 44.3 Å². The number of allylic oxidation sites excluding steroid dienone is 8. The molecule has 0 spiro atoms. The predicted octanol–water partition coefficient (Wildman–Crippen LogP) is 12.6. The molecule has 0 fully saturated rings. The van der Waals surface area contributed by atoms with Gasteiger partial charge in [0.2, 0.25) is 5.69 Å². The Balaban J connectivity index is 1.26. The highest BCUT2D eigenvalue weighted by Gasteiger charge is 2.45. The van der Waals surface area contributed by atoms with E-state index in [0.717, 1.165) is 71.0 Å². The average Bonchev–Trinajstić information content (AvgIpc) is 3.48. The zero-order valence-corrected chi connectivity index (χ0v) is 34.1. The largest absolute Gasteiger partial charge is 0.385 e. The molecule has 7 rings (SSSR count). The van der Waals surface area contributed by atoms with E-state index in [1.54, 1.807) is 14.2 Å². The third-order valence-electron chi connectivity index (χ3n) is 11.4. The second-order valence-corrected chi connectivity index (χ2v) is 16.8. The summed E-state index contributed by atoms with van der Waals surface area (Å²) in [5.41, 5.74) is 9.65. The minimum absolute atomic E-state index is 0.220. The molecule has 4 nitrogen and oxygen atoms in total. The van der Waals surface area contributed by atoms with Crippen molar-refractivity contribution in [1.29, 1.82) is 0 Å². The fourth-order valence-electron chi connectivity index (χ4n) is 8.91. The van der Waals surface area contributed by atoms with Gasteiger partial charge in [-0.15, -0.1) is 0 Å². The summed E-state index contributed by atoms with van der Waals surface area (Å²) in [6, 6.07) is 21.4. The van der Waals surface area contributed by atoms with Crippen LogP contribution in [0.15, 0.2) is 107 Å². The van der Waals surface area contributed by atoms with Crippen molar-refractivity contribution in [2.45, 2.75) is 70.6 Å². The van der Waals surface area contributed by atoms with E-state index in [-0.39, 0.29) is 10.8 Å². The minimum atomic E-state index is -0.220. The van der Waals surface area contributed by atoms with E-state index in [1.807, 2.05) is 12.1 Å². The topological polar surface area (TPSA) is 24.7 Å². The van der Waals surface area contributed by atoms with Gasteiger partial charge in [0.1, 0.15) is 0 Å². The third kappa shape index (κ3) is 7.03. The molecule has 7 heteroatoms. The number of fused-ring (bicyclic) bond motifs is 6. The molecule has 3 aliphatic rings. The molecule has 0 saturated carbocycles. The Kier molecular flexibility index (Phi) is 11.0. The molecule has 0 radical (unpaired) electrons. The highest BCUT2D eigenvalue weighted by molar-refractivity contribution is 6.33. The highest BCUT2D eigenvalue weighted by atomic mass is 35.5. The number of hydrogen-bond donors (Lipinski definition) is 0. The van der Waals surface area contributed by atoms with Crippen LogP contribution in [0.1, 0.15) is 70.9 Å². The lowest BCUT2D eigenvalue weighted by Crippen LogP contribution is -2.28. The Bertz CT molecular complexity index is 2240. The number of hydrogen-bond acceptors (Lipinski definition) is 3. The van der Waals surface area contributed by atoms with Crippen LogP contribution in [0.5, 0.6) is 0 Å². The summed E-state index contributed by atoms with van der Waals surface area (Å²) in [7, 11) is 3.54. The van der Waals surface area contributed by atoms with Gasteiger partial charge < -0.3 is 14.4 Å². The van der Waals surface area contributed by atoms with Gasteiger partial charge in [0, 0.05) is 83.4 Å². The van der Waals surface area contributed by atoms with Crippen LogP contribution >= 0.6 is 34.8 Å². The van der Waals surface area contributed by atoms with Crippen LogP contribution in [-0.2, 0) is 20.3 Å². The van der Waals surface area contributed by atoms with E-state index in [9.17, 15) is 0 Å². The second kappa shape index (κ2) is 15.4. The third-order valence-corrected chi connectivity index (χ3v) is 12.4. The van der Waals surface area contributed by atoms with Crippen molar-refractivity contribution in [3.05, 3.63) is 128 Å². The second-order valence-electron chi connectivity index (χ2n) is 15.6. The molecule has 0 saturated heterocycles. The normalized spacial score (nSPS) is 19.5. The van der Waals surface area contributed by atoms with Crippen LogP contribution in [0.3, 0.4) is 0 Å². The number of anilines is 1. The molecular formula is C46H50Cl3N2O2+. The Morgan fingerprint density at radius 3 is 2.09 bits per heavy atom. The number of halogens is 3. The van der Waals surface area contributed by atoms with E-state index in [0.29, 0.717) is 13.2 Å². The summed E-state index contributed by atoms with van der Waals surface area (Å²) < 4.78 is 13.4. The summed E-state index contributed by atoms with van der Waals surface area (Å²) in [6.07, 6.45) is 14.0. The number of methoxy groups -OCH3 is 2. The van der Waals surface area contributed by atoms with Crippen molar-refractivity contribution in [1.82, 2.24) is 0 Å². The zero-order chi connectivity index (χ0) is 37.5. The monoisotopic (exact) mass is 767 g/mol. The molecule has 0 aromatic heterocycles. The van der Waals surface area contributed by atoms with Crippen LogP contribution in [0.2, 0.25) is 10.0 Å². The fourth-order valence-corrected chi connectivity index (χ4v) is 9.59. The lowest BCUT2D eigenvalue weighted by Gasteiger charge is -2.27. The molecule has 0 bridgehead atoms. The van der Waals surface area contributed by atoms with E-state index in [2.05, 4.69) is 110 Å². The zero-order valence-electron chi connectivity index (χ0n) is 31.8. The summed E-state index contributed by atoms with van der Waals surface area (Å²) >= 11 is 20.2. The summed E-state index contributed by atoms with van der Waals surface area (Å²) in [5, 5.41) is 7.19. The van der Waals surface area contributed by atoms with Crippen LogP contribution in [0, 0.1) is 0 Å². The Morgan fingerprint density at radius 1 is 0.736 bits per heavy atom. The first-order valence-corrected chi connectivity index (χ1v) is 19.9. The van der Waals surface area contributed by atoms with Crippen LogP contribution in [0.25, 0.3) is 21.5 Å².